The monoisotopic (exact) mass is 220 g/mol. The van der Waals surface area contributed by atoms with Crippen molar-refractivity contribution in [3.63, 3.8) is 0 Å². The molecule has 1 aromatic rings. The molecule has 0 fully saturated rings. The smallest absolute Gasteiger partial charge is 0.126 e. The van der Waals surface area contributed by atoms with Gasteiger partial charge in [-0.05, 0) is 12.1 Å². The Morgan fingerprint density at radius 2 is 2.23 bits per heavy atom. The van der Waals surface area contributed by atoms with Gasteiger partial charge in [0.1, 0.15) is 5.75 Å². The van der Waals surface area contributed by atoms with Crippen LogP contribution in [0.1, 0.15) is 11.7 Å². The van der Waals surface area contributed by atoms with Crippen LogP contribution < -0.4 is 4.74 Å². The van der Waals surface area contributed by atoms with E-state index in [0.29, 0.717) is 16.3 Å². The van der Waals surface area contributed by atoms with Crippen LogP contribution in [0.25, 0.3) is 0 Å². The molecule has 0 aliphatic rings. The number of hydrogen-bond donors (Lipinski definition) is 1. The van der Waals surface area contributed by atoms with Crippen molar-refractivity contribution in [3.05, 3.63) is 28.8 Å². The first-order chi connectivity index (χ1) is 6.20. The summed E-state index contributed by atoms with van der Waals surface area (Å²) in [7, 11) is 1.52. The van der Waals surface area contributed by atoms with Crippen molar-refractivity contribution in [1.29, 1.82) is 0 Å². The van der Waals surface area contributed by atoms with Crippen LogP contribution in [0.2, 0.25) is 5.02 Å². The van der Waals surface area contributed by atoms with E-state index in [9.17, 15) is 5.11 Å². The molecule has 1 aromatic carbocycles. The number of ether oxygens (including phenoxy) is 1. The van der Waals surface area contributed by atoms with E-state index in [4.69, 9.17) is 27.9 Å². The third kappa shape index (κ3) is 2.27. The molecule has 1 N–H and O–H groups in total. The van der Waals surface area contributed by atoms with E-state index in [1.165, 1.54) is 7.11 Å². The topological polar surface area (TPSA) is 29.5 Å². The predicted octanol–water partition coefficient (Wildman–Crippen LogP) is 2.62. The van der Waals surface area contributed by atoms with E-state index in [1.807, 2.05) is 0 Å². The van der Waals surface area contributed by atoms with Crippen LogP contribution in [0, 0.1) is 0 Å². The van der Waals surface area contributed by atoms with Crippen LogP contribution in [0.15, 0.2) is 18.2 Å². The minimum atomic E-state index is -0.787. The van der Waals surface area contributed by atoms with Gasteiger partial charge >= 0.3 is 0 Å². The molecule has 72 valence electrons. The Kier molecular flexibility index (Phi) is 3.85. The molecule has 0 heterocycles. The molecule has 0 saturated carbocycles. The fourth-order valence-electron chi connectivity index (χ4n) is 1.10. The fraction of sp³-hybridized carbons (Fsp3) is 0.333. The van der Waals surface area contributed by atoms with Crippen molar-refractivity contribution in [2.24, 2.45) is 0 Å². The van der Waals surface area contributed by atoms with Gasteiger partial charge in [-0.15, -0.1) is 11.6 Å². The maximum Gasteiger partial charge on any atom is 0.126 e. The first-order valence-electron chi connectivity index (χ1n) is 3.77. The second-order valence-corrected chi connectivity index (χ2v) is 3.24. The van der Waals surface area contributed by atoms with Gasteiger partial charge in [0.15, 0.2) is 0 Å². The molecule has 1 rings (SSSR count). The normalized spacial score (nSPS) is 12.6. The first kappa shape index (κ1) is 10.6. The molecule has 0 aliphatic carbocycles. The highest BCUT2D eigenvalue weighted by molar-refractivity contribution is 6.31. The molecule has 13 heavy (non-hydrogen) atoms. The lowest BCUT2D eigenvalue weighted by molar-refractivity contribution is 0.197. The first-order valence-corrected chi connectivity index (χ1v) is 4.68. The summed E-state index contributed by atoms with van der Waals surface area (Å²) < 4.78 is 5.05. The molecule has 0 spiro atoms. The molecule has 4 heteroatoms. The third-order valence-electron chi connectivity index (χ3n) is 1.71. The maximum atomic E-state index is 9.53. The molecule has 0 amide bonds. The summed E-state index contributed by atoms with van der Waals surface area (Å²) in [6.45, 7) is 0. The highest BCUT2D eigenvalue weighted by Gasteiger charge is 2.15. The Labute approximate surface area is 87.0 Å². The number of methoxy groups -OCH3 is 1. The number of halogens is 2. The van der Waals surface area contributed by atoms with E-state index < -0.39 is 6.10 Å². The molecule has 1 atom stereocenters. The summed E-state index contributed by atoms with van der Waals surface area (Å²) >= 11 is 11.4. The highest BCUT2D eigenvalue weighted by atomic mass is 35.5. The van der Waals surface area contributed by atoms with Crippen LogP contribution in [0.4, 0.5) is 0 Å². The Morgan fingerprint density at radius 1 is 1.54 bits per heavy atom. The van der Waals surface area contributed by atoms with Crippen LogP contribution in [-0.4, -0.2) is 18.1 Å². The van der Waals surface area contributed by atoms with Crippen molar-refractivity contribution in [3.8, 4) is 5.75 Å². The fourth-order valence-corrected chi connectivity index (χ4v) is 1.54. The Hall–Kier alpha value is -0.440. The van der Waals surface area contributed by atoms with E-state index in [-0.39, 0.29) is 5.88 Å². The van der Waals surface area contributed by atoms with E-state index >= 15 is 0 Å². The average Bonchev–Trinajstić information content (AvgIpc) is 2.16. The number of benzene rings is 1. The quantitative estimate of drug-likeness (QED) is 0.795. The Morgan fingerprint density at radius 3 is 2.77 bits per heavy atom. The zero-order chi connectivity index (χ0) is 9.84. The van der Waals surface area contributed by atoms with Crippen molar-refractivity contribution in [2.75, 3.05) is 13.0 Å². The van der Waals surface area contributed by atoms with Gasteiger partial charge in [0.25, 0.3) is 0 Å². The molecule has 0 radical (unpaired) electrons. The zero-order valence-corrected chi connectivity index (χ0v) is 8.64. The lowest BCUT2D eigenvalue weighted by atomic mass is 10.1. The minimum Gasteiger partial charge on any atom is -0.496 e. The van der Waals surface area contributed by atoms with Gasteiger partial charge in [-0.1, -0.05) is 17.7 Å². The standard InChI is InChI=1S/C9H10Cl2O2/c1-13-8-4-2-3-6(11)9(8)7(12)5-10/h2-4,7,12H,5H2,1H3. The molecule has 0 saturated heterocycles. The van der Waals surface area contributed by atoms with Crippen LogP contribution in [0.5, 0.6) is 5.75 Å². The van der Waals surface area contributed by atoms with E-state index in [0.717, 1.165) is 0 Å². The number of aliphatic hydroxyl groups excluding tert-OH is 1. The zero-order valence-electron chi connectivity index (χ0n) is 7.13. The van der Waals surface area contributed by atoms with Gasteiger partial charge in [-0.25, -0.2) is 0 Å². The summed E-state index contributed by atoms with van der Waals surface area (Å²) in [5, 5.41) is 9.99. The van der Waals surface area contributed by atoms with Crippen molar-refractivity contribution in [1.82, 2.24) is 0 Å². The lowest BCUT2D eigenvalue weighted by Crippen LogP contribution is -2.02. The number of alkyl halides is 1. The summed E-state index contributed by atoms with van der Waals surface area (Å²) in [5.41, 5.74) is 0.543. The third-order valence-corrected chi connectivity index (χ3v) is 2.33. The summed E-state index contributed by atoms with van der Waals surface area (Å²) in [4.78, 5) is 0. The highest BCUT2D eigenvalue weighted by Crippen LogP contribution is 2.32. The van der Waals surface area contributed by atoms with Crippen molar-refractivity contribution in [2.45, 2.75) is 6.10 Å². The van der Waals surface area contributed by atoms with Gasteiger partial charge in [0.05, 0.1) is 24.1 Å². The van der Waals surface area contributed by atoms with E-state index in [2.05, 4.69) is 0 Å². The van der Waals surface area contributed by atoms with Gasteiger partial charge in [-0.3, -0.25) is 0 Å². The van der Waals surface area contributed by atoms with Gasteiger partial charge in [0.2, 0.25) is 0 Å². The predicted molar refractivity (Wildman–Crippen MR) is 53.7 cm³/mol. The van der Waals surface area contributed by atoms with Gasteiger partial charge in [0, 0.05) is 5.56 Å². The van der Waals surface area contributed by atoms with Gasteiger partial charge < -0.3 is 9.84 Å². The molecule has 0 aromatic heterocycles. The number of hydrogen-bond acceptors (Lipinski definition) is 2. The molecule has 1 unspecified atom stereocenters. The van der Waals surface area contributed by atoms with Crippen molar-refractivity contribution >= 4 is 23.2 Å². The van der Waals surface area contributed by atoms with Crippen molar-refractivity contribution < 1.29 is 9.84 Å². The Bertz CT molecular complexity index is 289. The largest absolute Gasteiger partial charge is 0.496 e. The molecular formula is C9H10Cl2O2. The SMILES string of the molecule is COc1cccc(Cl)c1C(O)CCl. The Balaban J connectivity index is 3.14. The summed E-state index contributed by atoms with van der Waals surface area (Å²) in [5.74, 6) is 0.653. The second-order valence-electron chi connectivity index (χ2n) is 2.53. The molecule has 0 aliphatic heterocycles. The van der Waals surface area contributed by atoms with Crippen LogP contribution in [-0.2, 0) is 0 Å². The molecule has 0 bridgehead atoms. The maximum absolute atomic E-state index is 9.53. The van der Waals surface area contributed by atoms with Crippen LogP contribution >= 0.6 is 23.2 Å². The van der Waals surface area contributed by atoms with Gasteiger partial charge in [-0.2, -0.15) is 0 Å². The summed E-state index contributed by atoms with van der Waals surface area (Å²) in [6.07, 6.45) is -0.787. The lowest BCUT2D eigenvalue weighted by Gasteiger charge is -2.13. The number of aliphatic hydroxyl groups is 1. The molecule has 2 nitrogen and oxygen atoms in total. The minimum absolute atomic E-state index is 0.0973. The second kappa shape index (κ2) is 4.70. The number of rotatable bonds is 3. The summed E-state index contributed by atoms with van der Waals surface area (Å²) in [6, 6.07) is 5.18. The average molecular weight is 221 g/mol. The van der Waals surface area contributed by atoms with Crippen LogP contribution in [0.3, 0.4) is 0 Å². The van der Waals surface area contributed by atoms with E-state index in [1.54, 1.807) is 18.2 Å². The molecular weight excluding hydrogens is 211 g/mol.